The van der Waals surface area contributed by atoms with Crippen molar-refractivity contribution in [3.05, 3.63) is 59.3 Å². The van der Waals surface area contributed by atoms with Crippen LogP contribution in [-0.2, 0) is 22.0 Å². The Hall–Kier alpha value is -2.13. The Morgan fingerprint density at radius 1 is 1.23 bits per heavy atom. The molecule has 1 aliphatic heterocycles. The molecule has 1 saturated heterocycles. The molecule has 0 saturated carbocycles. The van der Waals surface area contributed by atoms with Crippen LogP contribution in [0.5, 0.6) is 5.88 Å². The Kier molecular flexibility index (Phi) is 4.94. The zero-order valence-electron chi connectivity index (χ0n) is 13.9. The molecule has 0 N–H and O–H groups in total. The maximum Gasteiger partial charge on any atom is 0.421 e. The first-order valence-electron chi connectivity index (χ1n) is 7.87. The van der Waals surface area contributed by atoms with E-state index in [1.54, 1.807) is 18.2 Å². The van der Waals surface area contributed by atoms with Crippen LogP contribution in [0, 0.1) is 6.92 Å². The lowest BCUT2D eigenvalue weighted by molar-refractivity contribution is -0.140. The van der Waals surface area contributed by atoms with Gasteiger partial charge in [0.1, 0.15) is 11.7 Å². The van der Waals surface area contributed by atoms with Crippen molar-refractivity contribution >= 4 is 10.0 Å². The quantitative estimate of drug-likeness (QED) is 0.793. The maximum atomic E-state index is 12.9. The van der Waals surface area contributed by atoms with Crippen molar-refractivity contribution in [3.8, 4) is 5.88 Å². The van der Waals surface area contributed by atoms with Gasteiger partial charge in [-0.25, -0.2) is 13.4 Å². The van der Waals surface area contributed by atoms with Gasteiger partial charge in [-0.2, -0.15) is 17.5 Å². The predicted octanol–water partition coefficient (Wildman–Crippen LogP) is 3.00. The van der Waals surface area contributed by atoms with E-state index in [2.05, 4.69) is 4.98 Å². The van der Waals surface area contributed by atoms with Crippen molar-refractivity contribution in [3.63, 3.8) is 0 Å². The van der Waals surface area contributed by atoms with Crippen LogP contribution >= 0.6 is 0 Å². The number of hydrogen-bond acceptors (Lipinski definition) is 4. The molecule has 0 atom stereocenters. The number of rotatable bonds is 5. The van der Waals surface area contributed by atoms with Gasteiger partial charge in [0.05, 0.1) is 18.8 Å². The van der Waals surface area contributed by atoms with Crippen LogP contribution in [0.3, 0.4) is 0 Å². The molecule has 1 aliphatic rings. The van der Waals surface area contributed by atoms with Gasteiger partial charge in [0.25, 0.3) is 0 Å². The topological polar surface area (TPSA) is 59.5 Å². The Bertz CT molecular complexity index is 894. The third-order valence-electron chi connectivity index (χ3n) is 3.99. The van der Waals surface area contributed by atoms with E-state index in [0.29, 0.717) is 5.56 Å². The summed E-state index contributed by atoms with van der Waals surface area (Å²) in [5, 5.41) is 0. The average Bonchev–Trinajstić information content (AvgIpc) is 2.49. The molecular formula is C17H17F3N2O3S. The number of alkyl halides is 3. The highest BCUT2D eigenvalue weighted by Crippen LogP contribution is 2.35. The van der Waals surface area contributed by atoms with Crippen molar-refractivity contribution < 1.29 is 26.3 Å². The lowest BCUT2D eigenvalue weighted by Crippen LogP contribution is -2.56. The van der Waals surface area contributed by atoms with Crippen molar-refractivity contribution in [2.75, 3.05) is 13.1 Å². The fourth-order valence-corrected chi connectivity index (χ4v) is 4.23. The lowest BCUT2D eigenvalue weighted by Gasteiger charge is -2.37. The molecule has 9 heteroatoms. The third kappa shape index (κ3) is 4.16. The molecule has 0 amide bonds. The Labute approximate surface area is 149 Å². The van der Waals surface area contributed by atoms with Crippen LogP contribution in [0.2, 0.25) is 0 Å². The van der Waals surface area contributed by atoms with Crippen LogP contribution < -0.4 is 4.74 Å². The maximum absolute atomic E-state index is 12.9. The van der Waals surface area contributed by atoms with Gasteiger partial charge in [0, 0.05) is 6.20 Å². The van der Waals surface area contributed by atoms with E-state index < -0.39 is 33.7 Å². The summed E-state index contributed by atoms with van der Waals surface area (Å²) in [6, 6.07) is 9.22. The first-order chi connectivity index (χ1) is 12.1. The van der Waals surface area contributed by atoms with Crippen molar-refractivity contribution in [2.24, 2.45) is 0 Å². The number of nitrogens with zero attached hydrogens (tertiary/aromatic N) is 2. The summed E-state index contributed by atoms with van der Waals surface area (Å²) in [4.78, 5) is 3.62. The fraction of sp³-hybridized carbons (Fsp3) is 0.353. The first-order valence-corrected chi connectivity index (χ1v) is 9.48. The van der Waals surface area contributed by atoms with Gasteiger partial charge in [0.15, 0.2) is 0 Å². The van der Waals surface area contributed by atoms with Crippen LogP contribution in [0.4, 0.5) is 13.2 Å². The number of halogens is 3. The van der Waals surface area contributed by atoms with Gasteiger partial charge in [-0.05, 0) is 24.6 Å². The molecule has 5 nitrogen and oxygen atoms in total. The second-order valence-corrected chi connectivity index (χ2v) is 8.12. The number of aryl methyl sites for hydroxylation is 1. The van der Waals surface area contributed by atoms with Crippen LogP contribution in [0.1, 0.15) is 16.7 Å². The Balaban J connectivity index is 1.63. The Morgan fingerprint density at radius 2 is 1.96 bits per heavy atom. The number of hydrogen-bond donors (Lipinski definition) is 0. The molecule has 1 aromatic heterocycles. The molecule has 3 rings (SSSR count). The molecule has 2 aromatic rings. The van der Waals surface area contributed by atoms with Crippen LogP contribution in [-0.4, -0.2) is 36.9 Å². The number of ether oxygens (including phenoxy) is 1. The molecule has 0 radical (unpaired) electrons. The van der Waals surface area contributed by atoms with Gasteiger partial charge in [-0.3, -0.25) is 0 Å². The van der Waals surface area contributed by atoms with Crippen molar-refractivity contribution in [1.82, 2.24) is 9.29 Å². The molecule has 0 bridgehead atoms. The fourth-order valence-electron chi connectivity index (χ4n) is 2.66. The second-order valence-electron chi connectivity index (χ2n) is 6.16. The highest BCUT2D eigenvalue weighted by Gasteiger charge is 2.40. The van der Waals surface area contributed by atoms with Crippen LogP contribution in [0.25, 0.3) is 0 Å². The minimum absolute atomic E-state index is 0.00200. The molecular weight excluding hydrogens is 369 g/mol. The summed E-state index contributed by atoms with van der Waals surface area (Å²) in [7, 11) is -3.55. The van der Waals surface area contributed by atoms with E-state index in [0.717, 1.165) is 11.6 Å². The van der Waals surface area contributed by atoms with E-state index in [1.165, 1.54) is 16.6 Å². The second kappa shape index (κ2) is 6.88. The molecule has 1 fully saturated rings. The summed E-state index contributed by atoms with van der Waals surface area (Å²) in [5.41, 5.74) is 0.650. The molecule has 0 spiro atoms. The highest BCUT2D eigenvalue weighted by molar-refractivity contribution is 7.88. The lowest BCUT2D eigenvalue weighted by atomic mass is 10.2. The number of pyridine rings is 1. The summed E-state index contributed by atoms with van der Waals surface area (Å²) in [5.74, 6) is -0.681. The van der Waals surface area contributed by atoms with Crippen molar-refractivity contribution in [2.45, 2.75) is 25.0 Å². The van der Waals surface area contributed by atoms with E-state index in [-0.39, 0.29) is 18.8 Å². The van der Waals surface area contributed by atoms with Crippen molar-refractivity contribution in [1.29, 1.82) is 0 Å². The van der Waals surface area contributed by atoms with Gasteiger partial charge in [-0.15, -0.1) is 0 Å². The summed E-state index contributed by atoms with van der Waals surface area (Å²) < 4.78 is 70.1. The number of benzene rings is 1. The smallest absolute Gasteiger partial charge is 0.421 e. The van der Waals surface area contributed by atoms with Gasteiger partial charge in [0.2, 0.25) is 15.9 Å². The molecule has 140 valence electrons. The van der Waals surface area contributed by atoms with E-state index in [1.807, 2.05) is 13.0 Å². The summed E-state index contributed by atoms with van der Waals surface area (Å²) in [6.45, 7) is 1.87. The highest BCUT2D eigenvalue weighted by atomic mass is 32.2. The monoisotopic (exact) mass is 386 g/mol. The zero-order valence-corrected chi connectivity index (χ0v) is 14.7. The predicted molar refractivity (Wildman–Crippen MR) is 89.0 cm³/mol. The van der Waals surface area contributed by atoms with E-state index in [9.17, 15) is 21.6 Å². The minimum atomic E-state index is -4.58. The standard InChI is InChI=1S/C17H17F3N2O3S/c1-12-4-2-5-13(8-12)11-26(23,24)22-9-14(10-22)25-16-15(17(18,19)20)6-3-7-21-16/h2-8,14H,9-11H2,1H3. The van der Waals surface area contributed by atoms with E-state index >= 15 is 0 Å². The molecule has 1 aromatic carbocycles. The van der Waals surface area contributed by atoms with Gasteiger partial charge >= 0.3 is 6.18 Å². The minimum Gasteiger partial charge on any atom is -0.471 e. The molecule has 0 aliphatic carbocycles. The first kappa shape index (κ1) is 18.7. The average molecular weight is 386 g/mol. The molecule has 26 heavy (non-hydrogen) atoms. The largest absolute Gasteiger partial charge is 0.471 e. The number of aromatic nitrogens is 1. The third-order valence-corrected chi connectivity index (χ3v) is 5.78. The van der Waals surface area contributed by atoms with Crippen LogP contribution in [0.15, 0.2) is 42.6 Å². The van der Waals surface area contributed by atoms with Gasteiger partial charge < -0.3 is 4.74 Å². The molecule has 2 heterocycles. The summed E-state index contributed by atoms with van der Waals surface area (Å²) >= 11 is 0. The zero-order chi connectivity index (χ0) is 18.9. The SMILES string of the molecule is Cc1cccc(CS(=O)(=O)N2CC(Oc3ncccc3C(F)(F)F)C2)c1. The normalized spacial score (nSPS) is 16.3. The Morgan fingerprint density at radius 3 is 2.62 bits per heavy atom. The van der Waals surface area contributed by atoms with Gasteiger partial charge in [-0.1, -0.05) is 29.8 Å². The summed E-state index contributed by atoms with van der Waals surface area (Å²) in [6.07, 6.45) is -4.03. The molecule has 0 unspecified atom stereocenters. The number of sulfonamides is 1. The van der Waals surface area contributed by atoms with E-state index in [4.69, 9.17) is 4.74 Å².